The minimum atomic E-state index is -0.911. The first-order chi connectivity index (χ1) is 8.22. The lowest BCUT2D eigenvalue weighted by atomic mass is 9.97. The third-order valence-corrected chi connectivity index (χ3v) is 3.63. The highest BCUT2D eigenvalue weighted by atomic mass is 16.5. The maximum atomic E-state index is 11.4. The van der Waals surface area contributed by atoms with Crippen molar-refractivity contribution in [2.75, 3.05) is 7.11 Å². The maximum absolute atomic E-state index is 11.4. The highest BCUT2D eigenvalue weighted by Gasteiger charge is 2.36. The molecular formula is C13H15NO3. The minimum absolute atomic E-state index is 0.292. The first-order valence-electron chi connectivity index (χ1n) is 6.05. The molecule has 0 amide bonds. The van der Waals surface area contributed by atoms with Gasteiger partial charge in [0.2, 0.25) is 5.88 Å². The third-order valence-electron chi connectivity index (χ3n) is 3.63. The van der Waals surface area contributed by atoms with Gasteiger partial charge < -0.3 is 9.84 Å². The molecule has 0 aliphatic heterocycles. The standard InChI is InChI=1S/C13H15NO3/c1-17-12-11(13(15)16)10(7-5-6-7)8-3-2-4-9(8)14-12/h7H,2-6H2,1H3,(H,15,16). The van der Waals surface area contributed by atoms with Gasteiger partial charge in [0.1, 0.15) is 5.56 Å². The van der Waals surface area contributed by atoms with Gasteiger partial charge in [-0.05, 0) is 49.1 Å². The summed E-state index contributed by atoms with van der Waals surface area (Å²) < 4.78 is 5.16. The molecule has 1 heterocycles. The number of ether oxygens (including phenoxy) is 1. The molecule has 90 valence electrons. The molecule has 2 aliphatic carbocycles. The molecule has 0 atom stereocenters. The predicted molar refractivity (Wildman–Crippen MR) is 61.7 cm³/mol. The first kappa shape index (κ1) is 10.6. The molecule has 1 aromatic rings. The van der Waals surface area contributed by atoms with Gasteiger partial charge in [0.15, 0.2) is 0 Å². The van der Waals surface area contributed by atoms with Crippen LogP contribution in [0.2, 0.25) is 0 Å². The van der Waals surface area contributed by atoms with Gasteiger partial charge in [0.25, 0.3) is 0 Å². The van der Waals surface area contributed by atoms with Crippen molar-refractivity contribution < 1.29 is 14.6 Å². The molecule has 2 aliphatic rings. The summed E-state index contributed by atoms with van der Waals surface area (Å²) in [5, 5.41) is 9.37. The van der Waals surface area contributed by atoms with Crippen molar-refractivity contribution in [1.29, 1.82) is 0 Å². The largest absolute Gasteiger partial charge is 0.480 e. The lowest BCUT2D eigenvalue weighted by Crippen LogP contribution is -2.10. The minimum Gasteiger partial charge on any atom is -0.480 e. The molecule has 0 spiro atoms. The van der Waals surface area contributed by atoms with E-state index in [1.807, 2.05) is 0 Å². The van der Waals surface area contributed by atoms with Crippen molar-refractivity contribution in [3.63, 3.8) is 0 Å². The SMILES string of the molecule is COc1nc2c(c(C3CC3)c1C(=O)O)CCC2. The number of fused-ring (bicyclic) bond motifs is 1. The van der Waals surface area contributed by atoms with Gasteiger partial charge in [-0.25, -0.2) is 9.78 Å². The van der Waals surface area contributed by atoms with Crippen molar-refractivity contribution in [2.45, 2.75) is 38.0 Å². The van der Waals surface area contributed by atoms with E-state index >= 15 is 0 Å². The Morgan fingerprint density at radius 3 is 2.76 bits per heavy atom. The molecule has 0 bridgehead atoms. The quantitative estimate of drug-likeness (QED) is 0.869. The van der Waals surface area contributed by atoms with Crippen molar-refractivity contribution >= 4 is 5.97 Å². The Labute approximate surface area is 99.6 Å². The van der Waals surface area contributed by atoms with Crippen LogP contribution in [0, 0.1) is 0 Å². The molecule has 1 saturated carbocycles. The number of carboxylic acid groups (broad SMARTS) is 1. The molecule has 1 aromatic heterocycles. The number of aryl methyl sites for hydroxylation is 1. The van der Waals surface area contributed by atoms with Gasteiger partial charge in [-0.3, -0.25) is 0 Å². The first-order valence-corrected chi connectivity index (χ1v) is 6.05. The molecule has 0 unspecified atom stereocenters. The van der Waals surface area contributed by atoms with E-state index < -0.39 is 5.97 Å². The van der Waals surface area contributed by atoms with Crippen LogP contribution < -0.4 is 4.74 Å². The third kappa shape index (κ3) is 1.59. The van der Waals surface area contributed by atoms with E-state index in [0.29, 0.717) is 17.4 Å². The number of pyridine rings is 1. The van der Waals surface area contributed by atoms with Gasteiger partial charge in [0, 0.05) is 5.69 Å². The zero-order valence-corrected chi connectivity index (χ0v) is 9.82. The Morgan fingerprint density at radius 2 is 2.18 bits per heavy atom. The summed E-state index contributed by atoms with van der Waals surface area (Å²) >= 11 is 0. The van der Waals surface area contributed by atoms with Gasteiger partial charge in [-0.15, -0.1) is 0 Å². The summed E-state index contributed by atoms with van der Waals surface area (Å²) in [4.78, 5) is 15.8. The van der Waals surface area contributed by atoms with E-state index in [1.54, 1.807) is 0 Å². The molecule has 4 nitrogen and oxygen atoms in total. The smallest absolute Gasteiger partial charge is 0.341 e. The number of methoxy groups -OCH3 is 1. The van der Waals surface area contributed by atoms with Crippen LogP contribution in [-0.2, 0) is 12.8 Å². The molecule has 1 fully saturated rings. The Balaban J connectivity index is 2.26. The van der Waals surface area contributed by atoms with Gasteiger partial charge in [0.05, 0.1) is 7.11 Å². The number of rotatable bonds is 3. The zero-order valence-electron chi connectivity index (χ0n) is 9.82. The molecule has 0 aromatic carbocycles. The van der Waals surface area contributed by atoms with Crippen LogP contribution in [0.15, 0.2) is 0 Å². The van der Waals surface area contributed by atoms with Gasteiger partial charge in [-0.1, -0.05) is 0 Å². The van der Waals surface area contributed by atoms with Crippen LogP contribution in [0.3, 0.4) is 0 Å². The summed E-state index contributed by atoms with van der Waals surface area (Å²) in [6.07, 6.45) is 5.19. The summed E-state index contributed by atoms with van der Waals surface area (Å²) in [5.74, 6) is -0.198. The predicted octanol–water partition coefficient (Wildman–Crippen LogP) is 2.15. The molecule has 3 rings (SSSR count). The second-order valence-electron chi connectivity index (χ2n) is 4.77. The van der Waals surface area contributed by atoms with Crippen LogP contribution in [-0.4, -0.2) is 23.2 Å². The van der Waals surface area contributed by atoms with E-state index in [1.165, 1.54) is 12.7 Å². The summed E-state index contributed by atoms with van der Waals surface area (Å²) in [6.45, 7) is 0. The highest BCUT2D eigenvalue weighted by Crippen LogP contribution is 2.47. The van der Waals surface area contributed by atoms with Gasteiger partial charge in [-0.2, -0.15) is 0 Å². The summed E-state index contributed by atoms with van der Waals surface area (Å²) in [5.41, 5.74) is 3.55. The lowest BCUT2D eigenvalue weighted by Gasteiger charge is -2.14. The summed E-state index contributed by atoms with van der Waals surface area (Å²) in [7, 11) is 1.49. The molecule has 4 heteroatoms. The van der Waals surface area contributed by atoms with E-state index in [-0.39, 0.29) is 0 Å². The molecule has 1 N–H and O–H groups in total. The average molecular weight is 233 g/mol. The Bertz CT molecular complexity index is 492. The molecule has 0 radical (unpaired) electrons. The fourth-order valence-electron chi connectivity index (χ4n) is 2.76. The number of carbonyl (C=O) groups is 1. The maximum Gasteiger partial charge on any atom is 0.341 e. The van der Waals surface area contributed by atoms with E-state index in [9.17, 15) is 9.90 Å². The van der Waals surface area contributed by atoms with Crippen molar-refractivity contribution in [1.82, 2.24) is 4.98 Å². The number of nitrogens with zero attached hydrogens (tertiary/aromatic N) is 1. The lowest BCUT2D eigenvalue weighted by molar-refractivity contribution is 0.0691. The Hall–Kier alpha value is -1.58. The number of carboxylic acids is 1. The topological polar surface area (TPSA) is 59.4 Å². The van der Waals surface area contributed by atoms with Crippen LogP contribution >= 0.6 is 0 Å². The monoisotopic (exact) mass is 233 g/mol. The van der Waals surface area contributed by atoms with Crippen LogP contribution in [0.1, 0.15) is 52.4 Å². The van der Waals surface area contributed by atoms with E-state index in [2.05, 4.69) is 4.98 Å². The fraction of sp³-hybridized carbons (Fsp3) is 0.538. The van der Waals surface area contributed by atoms with Gasteiger partial charge >= 0.3 is 5.97 Å². The zero-order chi connectivity index (χ0) is 12.0. The molecule has 17 heavy (non-hydrogen) atoms. The number of hydrogen-bond acceptors (Lipinski definition) is 3. The van der Waals surface area contributed by atoms with Crippen molar-refractivity contribution in [2.24, 2.45) is 0 Å². The average Bonchev–Trinajstić information content (AvgIpc) is 3.04. The van der Waals surface area contributed by atoms with E-state index in [0.717, 1.165) is 43.4 Å². The molecule has 0 saturated heterocycles. The highest BCUT2D eigenvalue weighted by molar-refractivity contribution is 5.93. The van der Waals surface area contributed by atoms with Crippen LogP contribution in [0.4, 0.5) is 0 Å². The second kappa shape index (κ2) is 3.72. The molecular weight excluding hydrogens is 218 g/mol. The van der Waals surface area contributed by atoms with Crippen molar-refractivity contribution in [3.05, 3.63) is 22.4 Å². The van der Waals surface area contributed by atoms with E-state index in [4.69, 9.17) is 4.74 Å². The summed E-state index contributed by atoms with van der Waals surface area (Å²) in [6, 6.07) is 0. The van der Waals surface area contributed by atoms with Crippen LogP contribution in [0.25, 0.3) is 0 Å². The normalized spacial score (nSPS) is 17.9. The second-order valence-corrected chi connectivity index (χ2v) is 4.77. The number of hydrogen-bond donors (Lipinski definition) is 1. The fourth-order valence-corrected chi connectivity index (χ4v) is 2.76. The Kier molecular flexibility index (Phi) is 2.31. The van der Waals surface area contributed by atoms with Crippen molar-refractivity contribution in [3.8, 4) is 5.88 Å². The van der Waals surface area contributed by atoms with Crippen LogP contribution in [0.5, 0.6) is 5.88 Å². The number of aromatic nitrogens is 1. The Morgan fingerprint density at radius 1 is 1.41 bits per heavy atom. The number of aromatic carboxylic acids is 1.